The Bertz CT molecular complexity index is 551. The molecule has 2 aromatic rings. The summed E-state index contributed by atoms with van der Waals surface area (Å²) >= 11 is 12.8. The predicted molar refractivity (Wildman–Crippen MR) is 69.4 cm³/mol. The SMILES string of the molecule is OC(Cc1cc(F)cc(F)c1)c1cc(Cl)sc1Cl. The first-order valence-electron chi connectivity index (χ1n) is 5.03. The van der Waals surface area contributed by atoms with Gasteiger partial charge in [-0.15, -0.1) is 11.3 Å². The van der Waals surface area contributed by atoms with Gasteiger partial charge in [0, 0.05) is 18.1 Å². The molecule has 1 unspecified atom stereocenters. The van der Waals surface area contributed by atoms with Crippen LogP contribution in [0.1, 0.15) is 17.2 Å². The van der Waals surface area contributed by atoms with E-state index < -0.39 is 17.7 Å². The van der Waals surface area contributed by atoms with Gasteiger partial charge in [-0.1, -0.05) is 23.2 Å². The summed E-state index contributed by atoms with van der Waals surface area (Å²) in [4.78, 5) is 0. The van der Waals surface area contributed by atoms with Crippen LogP contribution in [-0.2, 0) is 6.42 Å². The van der Waals surface area contributed by atoms with Crippen LogP contribution < -0.4 is 0 Å². The second-order valence-electron chi connectivity index (χ2n) is 3.78. The Morgan fingerprint density at radius 2 is 1.72 bits per heavy atom. The average Bonchev–Trinajstić information content (AvgIpc) is 2.56. The van der Waals surface area contributed by atoms with Gasteiger partial charge in [-0.3, -0.25) is 0 Å². The molecule has 0 spiro atoms. The molecule has 1 aromatic heterocycles. The van der Waals surface area contributed by atoms with Gasteiger partial charge in [0.15, 0.2) is 0 Å². The quantitative estimate of drug-likeness (QED) is 0.878. The number of aliphatic hydroxyl groups excluding tert-OH is 1. The van der Waals surface area contributed by atoms with E-state index in [0.717, 1.165) is 17.4 Å². The Labute approximate surface area is 117 Å². The molecule has 0 bridgehead atoms. The smallest absolute Gasteiger partial charge is 0.126 e. The Balaban J connectivity index is 2.20. The monoisotopic (exact) mass is 308 g/mol. The molecule has 1 heterocycles. The number of rotatable bonds is 3. The fraction of sp³-hybridized carbons (Fsp3) is 0.167. The van der Waals surface area contributed by atoms with Crippen LogP contribution in [0, 0.1) is 11.6 Å². The zero-order valence-electron chi connectivity index (χ0n) is 8.96. The minimum Gasteiger partial charge on any atom is -0.388 e. The first-order valence-corrected chi connectivity index (χ1v) is 6.60. The lowest BCUT2D eigenvalue weighted by molar-refractivity contribution is 0.179. The molecule has 0 aliphatic heterocycles. The highest BCUT2D eigenvalue weighted by atomic mass is 35.5. The summed E-state index contributed by atoms with van der Waals surface area (Å²) in [6, 6.07) is 4.68. The summed E-state index contributed by atoms with van der Waals surface area (Å²) in [5.74, 6) is -1.35. The van der Waals surface area contributed by atoms with Crippen LogP contribution in [0.15, 0.2) is 24.3 Å². The van der Waals surface area contributed by atoms with Crippen molar-refractivity contribution in [3.8, 4) is 0 Å². The van der Waals surface area contributed by atoms with Crippen molar-refractivity contribution in [2.24, 2.45) is 0 Å². The van der Waals surface area contributed by atoms with E-state index in [4.69, 9.17) is 23.2 Å². The Morgan fingerprint density at radius 3 is 2.22 bits per heavy atom. The molecule has 2 rings (SSSR count). The van der Waals surface area contributed by atoms with Crippen molar-refractivity contribution in [3.05, 3.63) is 55.7 Å². The van der Waals surface area contributed by atoms with Crippen LogP contribution in [0.4, 0.5) is 8.78 Å². The first kappa shape index (κ1) is 13.7. The molecule has 0 amide bonds. The molecule has 1 aromatic carbocycles. The van der Waals surface area contributed by atoms with Crippen LogP contribution in [0.5, 0.6) is 0 Å². The molecule has 96 valence electrons. The minimum absolute atomic E-state index is 0.0709. The van der Waals surface area contributed by atoms with Crippen molar-refractivity contribution in [2.75, 3.05) is 0 Å². The summed E-state index contributed by atoms with van der Waals surface area (Å²) in [6.07, 6.45) is -0.871. The zero-order chi connectivity index (χ0) is 13.3. The average molecular weight is 309 g/mol. The molecular weight excluding hydrogens is 301 g/mol. The molecule has 1 nitrogen and oxygen atoms in total. The van der Waals surface area contributed by atoms with Crippen molar-refractivity contribution in [1.82, 2.24) is 0 Å². The van der Waals surface area contributed by atoms with Crippen LogP contribution in [-0.4, -0.2) is 5.11 Å². The standard InChI is InChI=1S/C12H8Cl2F2OS/c13-11-5-9(12(14)18-11)10(17)3-6-1-7(15)4-8(16)2-6/h1-2,4-5,10,17H,3H2. The van der Waals surface area contributed by atoms with E-state index in [2.05, 4.69) is 0 Å². The second kappa shape index (κ2) is 5.53. The van der Waals surface area contributed by atoms with E-state index in [1.54, 1.807) is 6.07 Å². The predicted octanol–water partition coefficient (Wildman–Crippen LogP) is 4.61. The topological polar surface area (TPSA) is 20.2 Å². The maximum absolute atomic E-state index is 13.0. The van der Waals surface area contributed by atoms with Crippen LogP contribution >= 0.6 is 34.5 Å². The molecule has 0 radical (unpaired) electrons. The molecule has 6 heteroatoms. The number of thiophene rings is 1. The van der Waals surface area contributed by atoms with Gasteiger partial charge >= 0.3 is 0 Å². The maximum atomic E-state index is 13.0. The first-order chi connectivity index (χ1) is 8.45. The largest absolute Gasteiger partial charge is 0.388 e. The lowest BCUT2D eigenvalue weighted by Crippen LogP contribution is -2.02. The lowest BCUT2D eigenvalue weighted by atomic mass is 10.0. The highest BCUT2D eigenvalue weighted by Gasteiger charge is 2.16. The molecular formula is C12H8Cl2F2OS. The van der Waals surface area contributed by atoms with Crippen LogP contribution in [0.2, 0.25) is 8.67 Å². The van der Waals surface area contributed by atoms with E-state index in [-0.39, 0.29) is 6.42 Å². The van der Waals surface area contributed by atoms with Gasteiger partial charge in [-0.2, -0.15) is 0 Å². The minimum atomic E-state index is -0.942. The number of hydrogen-bond donors (Lipinski definition) is 1. The Kier molecular flexibility index (Phi) is 4.22. The Hall–Kier alpha value is -0.680. The highest BCUT2D eigenvalue weighted by molar-refractivity contribution is 7.20. The van der Waals surface area contributed by atoms with Gasteiger partial charge < -0.3 is 5.11 Å². The normalized spacial score (nSPS) is 12.7. The molecule has 0 fully saturated rings. The van der Waals surface area contributed by atoms with Crippen LogP contribution in [0.3, 0.4) is 0 Å². The number of benzene rings is 1. The summed E-state index contributed by atoms with van der Waals surface area (Å²) in [7, 11) is 0. The molecule has 0 aliphatic rings. The third-order valence-corrected chi connectivity index (χ3v) is 3.91. The van der Waals surface area contributed by atoms with Crippen molar-refractivity contribution in [3.63, 3.8) is 0 Å². The highest BCUT2D eigenvalue weighted by Crippen LogP contribution is 2.36. The van der Waals surface area contributed by atoms with E-state index in [9.17, 15) is 13.9 Å². The van der Waals surface area contributed by atoms with Crippen molar-refractivity contribution < 1.29 is 13.9 Å². The van der Waals surface area contributed by atoms with Gasteiger partial charge in [0.2, 0.25) is 0 Å². The maximum Gasteiger partial charge on any atom is 0.126 e. The van der Waals surface area contributed by atoms with Gasteiger partial charge in [0.1, 0.15) is 16.0 Å². The van der Waals surface area contributed by atoms with Gasteiger partial charge in [0.25, 0.3) is 0 Å². The molecule has 1 N–H and O–H groups in total. The third-order valence-electron chi connectivity index (χ3n) is 2.39. The Morgan fingerprint density at radius 1 is 1.11 bits per heavy atom. The summed E-state index contributed by atoms with van der Waals surface area (Å²) < 4.78 is 26.8. The second-order valence-corrected chi connectivity index (χ2v) is 6.06. The van der Waals surface area contributed by atoms with Crippen molar-refractivity contribution >= 4 is 34.5 Å². The molecule has 0 saturated carbocycles. The van der Waals surface area contributed by atoms with Gasteiger partial charge in [-0.05, 0) is 23.8 Å². The van der Waals surface area contributed by atoms with Gasteiger partial charge in [0.05, 0.1) is 10.4 Å². The fourth-order valence-electron chi connectivity index (χ4n) is 1.64. The molecule has 0 aliphatic carbocycles. The summed E-state index contributed by atoms with van der Waals surface area (Å²) in [5, 5.41) is 9.97. The van der Waals surface area contributed by atoms with Crippen molar-refractivity contribution in [2.45, 2.75) is 12.5 Å². The summed E-state index contributed by atoms with van der Waals surface area (Å²) in [6.45, 7) is 0. The van der Waals surface area contributed by atoms with E-state index >= 15 is 0 Å². The number of aliphatic hydroxyl groups is 1. The van der Waals surface area contributed by atoms with E-state index in [1.807, 2.05) is 0 Å². The summed E-state index contributed by atoms with van der Waals surface area (Å²) in [5.41, 5.74) is 0.828. The third kappa shape index (κ3) is 3.20. The fourth-order valence-corrected chi connectivity index (χ4v) is 3.21. The van der Waals surface area contributed by atoms with Gasteiger partial charge in [-0.25, -0.2) is 8.78 Å². The zero-order valence-corrected chi connectivity index (χ0v) is 11.3. The van der Waals surface area contributed by atoms with E-state index in [1.165, 1.54) is 12.1 Å². The van der Waals surface area contributed by atoms with Crippen molar-refractivity contribution in [1.29, 1.82) is 0 Å². The molecule has 0 saturated heterocycles. The molecule has 18 heavy (non-hydrogen) atoms. The number of hydrogen-bond acceptors (Lipinski definition) is 2. The lowest BCUT2D eigenvalue weighted by Gasteiger charge is -2.10. The van der Waals surface area contributed by atoms with Crippen LogP contribution in [0.25, 0.3) is 0 Å². The number of halogens is 4. The van der Waals surface area contributed by atoms with E-state index in [0.29, 0.717) is 19.8 Å². The molecule has 1 atom stereocenters.